The monoisotopic (exact) mass is 257 g/mol. The third-order valence-electron chi connectivity index (χ3n) is 2.17. The van der Waals surface area contributed by atoms with Gasteiger partial charge in [-0.15, -0.1) is 11.3 Å². The summed E-state index contributed by atoms with van der Waals surface area (Å²) in [5, 5.41) is 13.9. The lowest BCUT2D eigenvalue weighted by Crippen LogP contribution is -2.40. The molecule has 3 N–H and O–H groups in total. The largest absolute Gasteiger partial charge is 0.480 e. The highest BCUT2D eigenvalue weighted by Crippen LogP contribution is 2.22. The van der Waals surface area contributed by atoms with E-state index in [4.69, 9.17) is 5.11 Å². The van der Waals surface area contributed by atoms with Crippen molar-refractivity contribution in [2.24, 2.45) is 0 Å². The summed E-state index contributed by atoms with van der Waals surface area (Å²) in [5.41, 5.74) is 0.941. The van der Waals surface area contributed by atoms with Crippen molar-refractivity contribution in [3.63, 3.8) is 0 Å². The van der Waals surface area contributed by atoms with Crippen LogP contribution in [-0.2, 0) is 11.2 Å². The number of nitrogens with zero attached hydrogens (tertiary/aromatic N) is 1. The molecule has 1 rings (SSSR count). The highest BCUT2D eigenvalue weighted by atomic mass is 32.1. The molecule has 94 valence electrons. The van der Waals surface area contributed by atoms with Gasteiger partial charge >= 0.3 is 12.0 Å². The van der Waals surface area contributed by atoms with Gasteiger partial charge in [-0.05, 0) is 20.3 Å². The van der Waals surface area contributed by atoms with E-state index in [9.17, 15) is 9.59 Å². The average molecular weight is 257 g/mol. The standard InChI is InChI=1S/C10H15N3O3S/c1-4-7-6(3)17-10(12-7)13-9(16)11-5(2)8(14)15/h5H,4H2,1-3H3,(H,14,15)(H2,11,12,13,16)/t5-/m0/s1. The van der Waals surface area contributed by atoms with Crippen LogP contribution >= 0.6 is 11.3 Å². The van der Waals surface area contributed by atoms with E-state index in [0.29, 0.717) is 5.13 Å². The summed E-state index contributed by atoms with van der Waals surface area (Å²) >= 11 is 1.37. The highest BCUT2D eigenvalue weighted by molar-refractivity contribution is 7.15. The van der Waals surface area contributed by atoms with Crippen molar-refractivity contribution in [2.45, 2.75) is 33.2 Å². The Bertz CT molecular complexity index is 430. The highest BCUT2D eigenvalue weighted by Gasteiger charge is 2.15. The van der Waals surface area contributed by atoms with E-state index in [0.717, 1.165) is 17.0 Å². The van der Waals surface area contributed by atoms with E-state index >= 15 is 0 Å². The fraction of sp³-hybridized carbons (Fsp3) is 0.500. The van der Waals surface area contributed by atoms with Gasteiger partial charge in [0.05, 0.1) is 5.69 Å². The first-order chi connectivity index (χ1) is 7.93. The van der Waals surface area contributed by atoms with E-state index in [1.54, 1.807) is 0 Å². The Morgan fingerprint density at radius 3 is 2.65 bits per heavy atom. The van der Waals surface area contributed by atoms with E-state index in [1.807, 2.05) is 13.8 Å². The molecule has 1 heterocycles. The molecule has 0 aliphatic carbocycles. The Kier molecular flexibility index (Phi) is 4.45. The number of urea groups is 1. The third kappa shape index (κ3) is 3.70. The Balaban J connectivity index is 2.59. The number of thiazole rings is 1. The molecule has 0 aliphatic rings. The molecule has 1 atom stereocenters. The first kappa shape index (κ1) is 13.4. The van der Waals surface area contributed by atoms with Crippen LogP contribution in [0.2, 0.25) is 0 Å². The number of aromatic nitrogens is 1. The van der Waals surface area contributed by atoms with Crippen molar-refractivity contribution in [1.82, 2.24) is 10.3 Å². The minimum Gasteiger partial charge on any atom is -0.480 e. The normalized spacial score (nSPS) is 11.9. The van der Waals surface area contributed by atoms with Crippen LogP contribution in [0.5, 0.6) is 0 Å². The molecule has 0 spiro atoms. The molecule has 2 amide bonds. The Morgan fingerprint density at radius 2 is 2.18 bits per heavy atom. The van der Waals surface area contributed by atoms with Gasteiger partial charge in [0.1, 0.15) is 6.04 Å². The summed E-state index contributed by atoms with van der Waals surface area (Å²) in [6, 6.07) is -1.49. The summed E-state index contributed by atoms with van der Waals surface area (Å²) in [6.45, 7) is 5.31. The number of aliphatic carboxylic acids is 1. The molecule has 7 heteroatoms. The smallest absolute Gasteiger partial charge is 0.325 e. The van der Waals surface area contributed by atoms with Gasteiger partial charge < -0.3 is 10.4 Å². The van der Waals surface area contributed by atoms with Crippen molar-refractivity contribution in [1.29, 1.82) is 0 Å². The molecular formula is C10H15N3O3S. The maximum absolute atomic E-state index is 11.4. The molecule has 0 fully saturated rings. The Labute approximate surface area is 103 Å². The number of rotatable bonds is 4. The van der Waals surface area contributed by atoms with Crippen LogP contribution in [0.4, 0.5) is 9.93 Å². The summed E-state index contributed by atoms with van der Waals surface area (Å²) in [7, 11) is 0. The second-order valence-electron chi connectivity index (χ2n) is 3.53. The van der Waals surface area contributed by atoms with Crippen LogP contribution in [0, 0.1) is 6.92 Å². The number of anilines is 1. The summed E-state index contributed by atoms with van der Waals surface area (Å²) in [5.74, 6) is -1.08. The van der Waals surface area contributed by atoms with Crippen LogP contribution in [0.1, 0.15) is 24.4 Å². The Morgan fingerprint density at radius 1 is 1.53 bits per heavy atom. The zero-order valence-electron chi connectivity index (χ0n) is 9.90. The number of hydrogen-bond acceptors (Lipinski definition) is 4. The number of carboxylic acid groups (broad SMARTS) is 1. The lowest BCUT2D eigenvalue weighted by Gasteiger charge is -2.08. The molecule has 0 saturated carbocycles. The maximum atomic E-state index is 11.4. The zero-order chi connectivity index (χ0) is 13.0. The topological polar surface area (TPSA) is 91.3 Å². The van der Waals surface area contributed by atoms with Crippen LogP contribution in [0.25, 0.3) is 0 Å². The van der Waals surface area contributed by atoms with Crippen molar-refractivity contribution >= 4 is 28.5 Å². The predicted molar refractivity (Wildman–Crippen MR) is 65.5 cm³/mol. The minimum atomic E-state index is -1.08. The third-order valence-corrected chi connectivity index (χ3v) is 3.09. The average Bonchev–Trinajstić information content (AvgIpc) is 2.58. The van der Waals surface area contributed by atoms with Gasteiger partial charge in [0.2, 0.25) is 0 Å². The van der Waals surface area contributed by atoms with Gasteiger partial charge in [0, 0.05) is 4.88 Å². The van der Waals surface area contributed by atoms with E-state index in [1.165, 1.54) is 18.3 Å². The molecule has 0 aliphatic heterocycles. The maximum Gasteiger partial charge on any atom is 0.325 e. The van der Waals surface area contributed by atoms with Crippen molar-refractivity contribution in [3.8, 4) is 0 Å². The van der Waals surface area contributed by atoms with Crippen LogP contribution in [0.3, 0.4) is 0 Å². The minimum absolute atomic E-state index is 0.481. The molecule has 0 unspecified atom stereocenters. The van der Waals surface area contributed by atoms with Gasteiger partial charge in [0.25, 0.3) is 0 Å². The van der Waals surface area contributed by atoms with E-state index in [2.05, 4.69) is 15.6 Å². The summed E-state index contributed by atoms with van der Waals surface area (Å²) < 4.78 is 0. The van der Waals surface area contributed by atoms with Gasteiger partial charge in [-0.3, -0.25) is 10.1 Å². The van der Waals surface area contributed by atoms with Gasteiger partial charge in [0.15, 0.2) is 5.13 Å². The number of nitrogens with one attached hydrogen (secondary N) is 2. The van der Waals surface area contributed by atoms with E-state index in [-0.39, 0.29) is 0 Å². The quantitative estimate of drug-likeness (QED) is 0.764. The zero-order valence-corrected chi connectivity index (χ0v) is 10.7. The number of amides is 2. The first-order valence-electron chi connectivity index (χ1n) is 5.20. The fourth-order valence-electron chi connectivity index (χ4n) is 1.20. The lowest BCUT2D eigenvalue weighted by atomic mass is 10.3. The van der Waals surface area contributed by atoms with E-state index < -0.39 is 18.0 Å². The summed E-state index contributed by atoms with van der Waals surface area (Å²) in [4.78, 5) is 27.2. The molecule has 6 nitrogen and oxygen atoms in total. The number of carbonyl (C=O) groups excluding carboxylic acids is 1. The molecule has 0 saturated heterocycles. The molecule has 0 aromatic carbocycles. The SMILES string of the molecule is CCc1nc(NC(=O)N[C@@H](C)C(=O)O)sc1C. The molecular weight excluding hydrogens is 242 g/mol. The van der Waals surface area contributed by atoms with Crippen LogP contribution in [-0.4, -0.2) is 28.1 Å². The number of carbonyl (C=O) groups is 2. The Hall–Kier alpha value is -1.63. The van der Waals surface area contributed by atoms with Gasteiger partial charge in [-0.1, -0.05) is 6.92 Å². The van der Waals surface area contributed by atoms with Crippen LogP contribution < -0.4 is 10.6 Å². The molecule has 17 heavy (non-hydrogen) atoms. The summed E-state index contributed by atoms with van der Waals surface area (Å²) in [6.07, 6.45) is 0.803. The number of carboxylic acids is 1. The second kappa shape index (κ2) is 5.62. The molecule has 0 bridgehead atoms. The lowest BCUT2D eigenvalue weighted by molar-refractivity contribution is -0.138. The second-order valence-corrected chi connectivity index (χ2v) is 4.74. The van der Waals surface area contributed by atoms with Gasteiger partial charge in [-0.25, -0.2) is 9.78 Å². The number of aryl methyl sites for hydroxylation is 2. The fourth-order valence-corrected chi connectivity index (χ4v) is 2.10. The van der Waals surface area contributed by atoms with Crippen molar-refractivity contribution in [3.05, 3.63) is 10.6 Å². The van der Waals surface area contributed by atoms with Gasteiger partial charge in [-0.2, -0.15) is 0 Å². The van der Waals surface area contributed by atoms with Crippen molar-refractivity contribution in [2.75, 3.05) is 5.32 Å². The molecule has 1 aromatic heterocycles. The van der Waals surface area contributed by atoms with Crippen LogP contribution in [0.15, 0.2) is 0 Å². The molecule has 1 aromatic rings. The molecule has 0 radical (unpaired) electrons. The first-order valence-corrected chi connectivity index (χ1v) is 6.02. The van der Waals surface area contributed by atoms with Crippen molar-refractivity contribution < 1.29 is 14.7 Å². The predicted octanol–water partition coefficient (Wildman–Crippen LogP) is 1.61. The number of hydrogen-bond donors (Lipinski definition) is 3.